The summed E-state index contributed by atoms with van der Waals surface area (Å²) in [5.74, 6) is 0. The molecule has 132 valence electrons. The molecule has 0 spiro atoms. The third-order valence-electron chi connectivity index (χ3n) is 5.01. The number of pyridine rings is 1. The fraction of sp³-hybridized carbons (Fsp3) is 0.238. The van der Waals surface area contributed by atoms with Crippen molar-refractivity contribution in [2.75, 3.05) is 4.90 Å². The van der Waals surface area contributed by atoms with E-state index in [0.29, 0.717) is 0 Å². The first-order chi connectivity index (χ1) is 12.7. The third-order valence-corrected chi connectivity index (χ3v) is 5.32. The SMILES string of the molecule is CCc1ccc(N2C(=S)N[C@H](c3ccccn3)[C@H]2c2cccn2C)cc1. The van der Waals surface area contributed by atoms with Crippen LogP contribution in [0.25, 0.3) is 0 Å². The Morgan fingerprint density at radius 3 is 2.50 bits per heavy atom. The second kappa shape index (κ2) is 6.92. The van der Waals surface area contributed by atoms with Crippen molar-refractivity contribution < 1.29 is 0 Å². The van der Waals surface area contributed by atoms with Gasteiger partial charge in [0, 0.05) is 30.8 Å². The zero-order valence-corrected chi connectivity index (χ0v) is 15.8. The van der Waals surface area contributed by atoms with Gasteiger partial charge in [-0.1, -0.05) is 25.1 Å². The Morgan fingerprint density at radius 1 is 1.08 bits per heavy atom. The van der Waals surface area contributed by atoms with E-state index in [4.69, 9.17) is 12.2 Å². The number of aromatic nitrogens is 2. The highest BCUT2D eigenvalue weighted by Gasteiger charge is 2.41. The molecule has 3 aromatic rings. The average molecular weight is 363 g/mol. The summed E-state index contributed by atoms with van der Waals surface area (Å²) < 4.78 is 2.16. The van der Waals surface area contributed by atoms with Crippen LogP contribution < -0.4 is 10.2 Å². The van der Waals surface area contributed by atoms with Crippen molar-refractivity contribution in [3.05, 3.63) is 83.9 Å². The topological polar surface area (TPSA) is 33.1 Å². The molecule has 1 fully saturated rings. The minimum atomic E-state index is 0.00292. The normalized spacial score (nSPS) is 19.6. The molecule has 1 aromatic carbocycles. The lowest BCUT2D eigenvalue weighted by Gasteiger charge is -2.28. The van der Waals surface area contributed by atoms with Crippen LogP contribution in [-0.2, 0) is 13.5 Å². The van der Waals surface area contributed by atoms with Crippen molar-refractivity contribution in [2.45, 2.75) is 25.4 Å². The molecule has 0 aliphatic carbocycles. The minimum Gasteiger partial charge on any atom is -0.353 e. The first kappa shape index (κ1) is 16.8. The summed E-state index contributed by atoms with van der Waals surface area (Å²) in [4.78, 5) is 6.79. The number of nitrogens with one attached hydrogen (secondary N) is 1. The van der Waals surface area contributed by atoms with Gasteiger partial charge < -0.3 is 14.8 Å². The molecule has 1 aliphatic rings. The molecule has 0 unspecified atom stereocenters. The Labute approximate surface area is 159 Å². The molecule has 26 heavy (non-hydrogen) atoms. The van der Waals surface area contributed by atoms with Crippen LogP contribution in [0.2, 0.25) is 0 Å². The highest BCUT2D eigenvalue weighted by Crippen LogP contribution is 2.41. The van der Waals surface area contributed by atoms with Crippen molar-refractivity contribution in [1.82, 2.24) is 14.9 Å². The number of hydrogen-bond donors (Lipinski definition) is 1. The van der Waals surface area contributed by atoms with Crippen LogP contribution in [0, 0.1) is 0 Å². The highest BCUT2D eigenvalue weighted by atomic mass is 32.1. The van der Waals surface area contributed by atoms with Gasteiger partial charge in [-0.25, -0.2) is 0 Å². The highest BCUT2D eigenvalue weighted by molar-refractivity contribution is 7.80. The van der Waals surface area contributed by atoms with Gasteiger partial charge in [-0.2, -0.15) is 0 Å². The van der Waals surface area contributed by atoms with Gasteiger partial charge >= 0.3 is 0 Å². The summed E-state index contributed by atoms with van der Waals surface area (Å²) in [5, 5.41) is 4.23. The maximum absolute atomic E-state index is 5.73. The third kappa shape index (κ3) is 2.88. The van der Waals surface area contributed by atoms with E-state index >= 15 is 0 Å². The summed E-state index contributed by atoms with van der Waals surface area (Å²) in [5.41, 5.74) is 4.62. The number of nitrogens with zero attached hydrogens (tertiary/aromatic N) is 3. The van der Waals surface area contributed by atoms with Crippen molar-refractivity contribution in [3.8, 4) is 0 Å². The zero-order chi connectivity index (χ0) is 18.1. The molecule has 4 rings (SSSR count). The summed E-state index contributed by atoms with van der Waals surface area (Å²) in [6, 6.07) is 19.0. The summed E-state index contributed by atoms with van der Waals surface area (Å²) in [6.45, 7) is 2.17. The van der Waals surface area contributed by atoms with Gasteiger partial charge in [0.05, 0.1) is 11.7 Å². The monoisotopic (exact) mass is 362 g/mol. The zero-order valence-electron chi connectivity index (χ0n) is 15.0. The van der Waals surface area contributed by atoms with Crippen LogP contribution in [0.1, 0.15) is 36.0 Å². The molecule has 1 saturated heterocycles. The maximum Gasteiger partial charge on any atom is 0.174 e. The van der Waals surface area contributed by atoms with Crippen LogP contribution in [0.15, 0.2) is 67.0 Å². The van der Waals surface area contributed by atoms with Crippen LogP contribution in [0.4, 0.5) is 5.69 Å². The van der Waals surface area contributed by atoms with E-state index in [1.165, 1.54) is 11.3 Å². The van der Waals surface area contributed by atoms with Gasteiger partial charge in [-0.3, -0.25) is 4.98 Å². The predicted octanol–water partition coefficient (Wildman–Crippen LogP) is 4.16. The lowest BCUT2D eigenvalue weighted by Crippen LogP contribution is -2.30. The standard InChI is InChI=1S/C21H22N4S/c1-3-15-9-11-16(12-10-15)25-20(18-8-6-14-24(18)2)19(23-21(25)26)17-7-4-5-13-22-17/h4-14,19-20H,3H2,1-2H3,(H,23,26)/t19-,20-/m1/s1. The molecule has 0 saturated carbocycles. The largest absolute Gasteiger partial charge is 0.353 e. The van der Waals surface area contributed by atoms with E-state index in [1.807, 2.05) is 18.3 Å². The fourth-order valence-corrected chi connectivity index (χ4v) is 3.95. The van der Waals surface area contributed by atoms with Crippen LogP contribution in [-0.4, -0.2) is 14.7 Å². The summed E-state index contributed by atoms with van der Waals surface area (Å²) in [7, 11) is 2.07. The quantitative estimate of drug-likeness (QED) is 0.707. The van der Waals surface area contributed by atoms with E-state index in [-0.39, 0.29) is 12.1 Å². The number of aryl methyl sites for hydroxylation is 2. The molecular formula is C21H22N4S. The summed E-state index contributed by atoms with van der Waals surface area (Å²) >= 11 is 5.73. The Bertz CT molecular complexity index is 901. The molecule has 1 aliphatic heterocycles. The first-order valence-corrected chi connectivity index (χ1v) is 9.30. The second-order valence-corrected chi connectivity index (χ2v) is 6.95. The van der Waals surface area contributed by atoms with E-state index in [9.17, 15) is 0 Å². The van der Waals surface area contributed by atoms with Gasteiger partial charge in [0.1, 0.15) is 6.04 Å². The van der Waals surface area contributed by atoms with Gasteiger partial charge in [-0.05, 0) is 60.6 Å². The molecule has 0 radical (unpaired) electrons. The van der Waals surface area contributed by atoms with Crippen molar-refractivity contribution in [2.24, 2.45) is 7.05 Å². The molecule has 4 nitrogen and oxygen atoms in total. The lowest BCUT2D eigenvalue weighted by molar-refractivity contribution is 0.541. The number of thiocarbonyl (C=S) groups is 1. The Hall–Kier alpha value is -2.66. The van der Waals surface area contributed by atoms with Crippen molar-refractivity contribution >= 4 is 23.0 Å². The Kier molecular flexibility index (Phi) is 4.47. The minimum absolute atomic E-state index is 0.00292. The van der Waals surface area contributed by atoms with E-state index < -0.39 is 0 Å². The summed E-state index contributed by atoms with van der Waals surface area (Å²) in [6.07, 6.45) is 4.94. The number of benzene rings is 1. The average Bonchev–Trinajstić information content (AvgIpc) is 3.25. The maximum atomic E-state index is 5.73. The second-order valence-electron chi connectivity index (χ2n) is 6.56. The molecule has 3 heterocycles. The number of rotatable bonds is 4. The van der Waals surface area contributed by atoms with Gasteiger partial charge in [-0.15, -0.1) is 0 Å². The molecule has 5 heteroatoms. The van der Waals surface area contributed by atoms with Gasteiger partial charge in [0.2, 0.25) is 0 Å². The van der Waals surface area contributed by atoms with Gasteiger partial charge in [0.25, 0.3) is 0 Å². The number of anilines is 1. The first-order valence-electron chi connectivity index (χ1n) is 8.90. The van der Waals surface area contributed by atoms with E-state index in [1.54, 1.807) is 0 Å². The van der Waals surface area contributed by atoms with Crippen LogP contribution >= 0.6 is 12.2 Å². The molecule has 2 atom stereocenters. The van der Waals surface area contributed by atoms with Crippen molar-refractivity contribution in [3.63, 3.8) is 0 Å². The van der Waals surface area contributed by atoms with Crippen LogP contribution in [0.3, 0.4) is 0 Å². The lowest BCUT2D eigenvalue weighted by atomic mass is 10.0. The Morgan fingerprint density at radius 2 is 1.88 bits per heavy atom. The van der Waals surface area contributed by atoms with Crippen molar-refractivity contribution in [1.29, 1.82) is 0 Å². The molecule has 0 amide bonds. The molecule has 0 bridgehead atoms. The predicted molar refractivity (Wildman–Crippen MR) is 109 cm³/mol. The number of hydrogen-bond acceptors (Lipinski definition) is 2. The van der Waals surface area contributed by atoms with Crippen LogP contribution in [0.5, 0.6) is 0 Å². The Balaban J connectivity index is 1.81. The smallest absolute Gasteiger partial charge is 0.174 e. The van der Waals surface area contributed by atoms with E-state index in [0.717, 1.165) is 22.9 Å². The van der Waals surface area contributed by atoms with Gasteiger partial charge in [0.15, 0.2) is 5.11 Å². The molecule has 2 aromatic heterocycles. The van der Waals surface area contributed by atoms with E-state index in [2.05, 4.69) is 82.4 Å². The fourth-order valence-electron chi connectivity index (χ4n) is 3.61. The molecule has 1 N–H and O–H groups in total. The molecular weight excluding hydrogens is 340 g/mol.